The monoisotopic (exact) mass is 400 g/mol. The molecule has 0 aliphatic carbocycles. The van der Waals surface area contributed by atoms with Gasteiger partial charge in [-0.15, -0.1) is 0 Å². The van der Waals surface area contributed by atoms with Crippen molar-refractivity contribution in [3.05, 3.63) is 102 Å². The fourth-order valence-electron chi connectivity index (χ4n) is 2.84. The van der Waals surface area contributed by atoms with Crippen LogP contribution in [0.3, 0.4) is 0 Å². The summed E-state index contributed by atoms with van der Waals surface area (Å²) in [6.45, 7) is 1.89. The molecule has 0 bridgehead atoms. The number of rotatable bonds is 6. The van der Waals surface area contributed by atoms with Gasteiger partial charge in [0.1, 0.15) is 0 Å². The molecular weight excluding hydrogens is 380 g/mol. The number of hydrogen-bond donors (Lipinski definition) is 2. The van der Waals surface area contributed by atoms with Crippen LogP contribution in [0.15, 0.2) is 89.8 Å². The van der Waals surface area contributed by atoms with E-state index in [1.807, 2.05) is 43.3 Å². The zero-order valence-corrected chi connectivity index (χ0v) is 16.4. The molecule has 0 fully saturated rings. The zero-order valence-electron chi connectivity index (χ0n) is 14.8. The first kappa shape index (κ1) is 19.6. The highest BCUT2D eigenvalue weighted by Crippen LogP contribution is 2.38. The van der Waals surface area contributed by atoms with Gasteiger partial charge in [-0.2, -0.15) is 4.72 Å². The standard InChI is InChI=1S/C21H21ClN2O2S/c1-16-12-14-19(15-13-16)27(25,26)24-21(22,18-10-6-3-7-11-18)20(23)17-8-4-2-5-9-17/h2-15,20,24H,23H2,1H3/t20-,21+/m1/s1. The minimum atomic E-state index is -3.90. The van der Waals surface area contributed by atoms with Gasteiger partial charge < -0.3 is 5.73 Å². The molecule has 3 rings (SSSR count). The van der Waals surface area contributed by atoms with Crippen LogP contribution in [0.2, 0.25) is 0 Å². The first-order valence-corrected chi connectivity index (χ1v) is 10.3. The van der Waals surface area contributed by atoms with Gasteiger partial charge in [-0.25, -0.2) is 8.42 Å². The first-order valence-electron chi connectivity index (χ1n) is 8.48. The van der Waals surface area contributed by atoms with Crippen molar-refractivity contribution >= 4 is 21.6 Å². The van der Waals surface area contributed by atoms with Crippen LogP contribution in [0.25, 0.3) is 0 Å². The van der Waals surface area contributed by atoms with Gasteiger partial charge in [-0.3, -0.25) is 0 Å². The van der Waals surface area contributed by atoms with Crippen LogP contribution in [-0.2, 0) is 15.0 Å². The maximum atomic E-state index is 13.0. The smallest absolute Gasteiger partial charge is 0.242 e. The summed E-state index contributed by atoms with van der Waals surface area (Å²) >= 11 is 6.90. The SMILES string of the molecule is Cc1ccc(S(=O)(=O)N[C@@](Cl)(c2ccccc2)[C@H](N)c2ccccc2)cc1. The van der Waals surface area contributed by atoms with Crippen LogP contribution in [0, 0.1) is 6.92 Å². The molecule has 0 spiro atoms. The van der Waals surface area contributed by atoms with Crippen molar-refractivity contribution < 1.29 is 8.42 Å². The highest BCUT2D eigenvalue weighted by molar-refractivity contribution is 7.89. The predicted molar refractivity (Wildman–Crippen MR) is 109 cm³/mol. The minimum absolute atomic E-state index is 0.134. The summed E-state index contributed by atoms with van der Waals surface area (Å²) in [6.07, 6.45) is 0. The van der Waals surface area contributed by atoms with E-state index in [-0.39, 0.29) is 4.90 Å². The molecule has 4 nitrogen and oxygen atoms in total. The molecule has 140 valence electrons. The molecule has 0 aromatic heterocycles. The van der Waals surface area contributed by atoms with E-state index in [2.05, 4.69) is 4.72 Å². The highest BCUT2D eigenvalue weighted by atomic mass is 35.5. The van der Waals surface area contributed by atoms with E-state index in [0.29, 0.717) is 5.56 Å². The number of halogens is 1. The van der Waals surface area contributed by atoms with E-state index in [0.717, 1.165) is 11.1 Å². The summed E-state index contributed by atoms with van der Waals surface area (Å²) in [5, 5.41) is 0. The van der Waals surface area contributed by atoms with Crippen LogP contribution in [-0.4, -0.2) is 8.42 Å². The third-order valence-corrected chi connectivity index (χ3v) is 6.54. The summed E-state index contributed by atoms with van der Waals surface area (Å²) < 4.78 is 28.7. The quantitative estimate of drug-likeness (QED) is 0.484. The Morgan fingerprint density at radius 1 is 0.889 bits per heavy atom. The van der Waals surface area contributed by atoms with Gasteiger partial charge in [0.15, 0.2) is 5.00 Å². The fraction of sp³-hybridized carbons (Fsp3) is 0.143. The molecule has 0 saturated heterocycles. The second-order valence-electron chi connectivity index (χ2n) is 6.38. The van der Waals surface area contributed by atoms with Crippen molar-refractivity contribution in [2.75, 3.05) is 0 Å². The molecule has 6 heteroatoms. The molecule has 0 amide bonds. The lowest BCUT2D eigenvalue weighted by atomic mass is 9.94. The normalized spacial score (nSPS) is 15.1. The Hall–Kier alpha value is -2.18. The van der Waals surface area contributed by atoms with Gasteiger partial charge in [0.25, 0.3) is 0 Å². The van der Waals surface area contributed by atoms with Crippen molar-refractivity contribution in [1.82, 2.24) is 4.72 Å². The lowest BCUT2D eigenvalue weighted by molar-refractivity contribution is 0.452. The van der Waals surface area contributed by atoms with Crippen molar-refractivity contribution in [3.63, 3.8) is 0 Å². The Morgan fingerprint density at radius 2 is 1.41 bits per heavy atom. The van der Waals surface area contributed by atoms with E-state index >= 15 is 0 Å². The summed E-state index contributed by atoms with van der Waals surface area (Å²) in [4.78, 5) is -1.42. The highest BCUT2D eigenvalue weighted by Gasteiger charge is 2.41. The van der Waals surface area contributed by atoms with Crippen molar-refractivity contribution in [2.24, 2.45) is 5.73 Å². The molecule has 2 atom stereocenters. The number of aryl methyl sites for hydroxylation is 1. The van der Waals surface area contributed by atoms with E-state index < -0.39 is 21.1 Å². The molecule has 0 radical (unpaired) electrons. The van der Waals surface area contributed by atoms with Crippen molar-refractivity contribution in [1.29, 1.82) is 0 Å². The lowest BCUT2D eigenvalue weighted by Gasteiger charge is -2.34. The minimum Gasteiger partial charge on any atom is -0.321 e. The maximum Gasteiger partial charge on any atom is 0.242 e. The second-order valence-corrected chi connectivity index (χ2v) is 8.66. The predicted octanol–water partition coefficient (Wildman–Crippen LogP) is 4.07. The maximum absolute atomic E-state index is 13.0. The van der Waals surface area contributed by atoms with Crippen LogP contribution in [0.5, 0.6) is 0 Å². The third-order valence-electron chi connectivity index (χ3n) is 4.40. The van der Waals surface area contributed by atoms with Crippen LogP contribution >= 0.6 is 11.6 Å². The average Bonchev–Trinajstić information content (AvgIpc) is 2.68. The summed E-state index contributed by atoms with van der Waals surface area (Å²) in [5.41, 5.74) is 8.72. The molecular formula is C21H21ClN2O2S. The van der Waals surface area contributed by atoms with Gasteiger partial charge in [-0.05, 0) is 30.2 Å². The molecule has 0 unspecified atom stereocenters. The molecule has 0 saturated carbocycles. The molecule has 3 aromatic carbocycles. The summed E-state index contributed by atoms with van der Waals surface area (Å²) in [6, 6.07) is 23.9. The van der Waals surface area contributed by atoms with E-state index in [9.17, 15) is 8.42 Å². The van der Waals surface area contributed by atoms with Gasteiger partial charge in [0.2, 0.25) is 10.0 Å². The molecule has 3 aromatic rings. The summed E-state index contributed by atoms with van der Waals surface area (Å²) in [7, 11) is -3.90. The zero-order chi connectivity index (χ0) is 19.5. The van der Waals surface area contributed by atoms with E-state index in [1.165, 1.54) is 0 Å². The fourth-order valence-corrected chi connectivity index (χ4v) is 4.65. The van der Waals surface area contributed by atoms with Gasteiger partial charge in [0.05, 0.1) is 10.9 Å². The Balaban J connectivity index is 2.06. The van der Waals surface area contributed by atoms with Gasteiger partial charge >= 0.3 is 0 Å². The Bertz CT molecular complexity index is 993. The molecule has 0 aliphatic rings. The number of nitrogens with one attached hydrogen (secondary N) is 1. The molecule has 0 aliphatic heterocycles. The number of sulfonamides is 1. The Morgan fingerprint density at radius 3 is 1.96 bits per heavy atom. The molecule has 0 heterocycles. The van der Waals surface area contributed by atoms with Crippen LogP contribution in [0.1, 0.15) is 22.7 Å². The average molecular weight is 401 g/mol. The molecule has 3 N–H and O–H groups in total. The Kier molecular flexibility index (Phi) is 5.67. The van der Waals surface area contributed by atoms with Gasteiger partial charge in [0, 0.05) is 0 Å². The largest absolute Gasteiger partial charge is 0.321 e. The number of nitrogens with two attached hydrogens (primary N) is 1. The van der Waals surface area contributed by atoms with Crippen molar-refractivity contribution in [3.8, 4) is 0 Å². The second kappa shape index (κ2) is 7.82. The van der Waals surface area contributed by atoms with E-state index in [1.54, 1.807) is 48.5 Å². The van der Waals surface area contributed by atoms with Crippen molar-refractivity contribution in [2.45, 2.75) is 22.9 Å². The number of alkyl halides is 1. The summed E-state index contributed by atoms with van der Waals surface area (Å²) in [5.74, 6) is 0. The first-order chi connectivity index (χ1) is 12.8. The number of benzene rings is 3. The van der Waals surface area contributed by atoms with E-state index in [4.69, 9.17) is 17.3 Å². The topological polar surface area (TPSA) is 72.2 Å². The lowest BCUT2D eigenvalue weighted by Crippen LogP contribution is -2.48. The van der Waals surface area contributed by atoms with Gasteiger partial charge in [-0.1, -0.05) is 90.0 Å². The number of hydrogen-bond acceptors (Lipinski definition) is 3. The molecule has 27 heavy (non-hydrogen) atoms. The third kappa shape index (κ3) is 4.22. The Labute approximate surface area is 165 Å². The van der Waals surface area contributed by atoms with Crippen LogP contribution < -0.4 is 10.5 Å². The van der Waals surface area contributed by atoms with Crippen LogP contribution in [0.4, 0.5) is 0 Å².